The number of carbonyl (C=O) groups excluding carboxylic acids is 1. The van der Waals surface area contributed by atoms with Gasteiger partial charge in [-0.3, -0.25) is 4.79 Å². The summed E-state index contributed by atoms with van der Waals surface area (Å²) >= 11 is 0. The second-order valence-corrected chi connectivity index (χ2v) is 7.34. The van der Waals surface area contributed by atoms with Gasteiger partial charge in [-0.05, 0) is 29.8 Å². The van der Waals surface area contributed by atoms with Crippen molar-refractivity contribution in [1.82, 2.24) is 0 Å². The SMILES string of the molecule is O=C1C[C@@H](c2ccc(O)cc2)Oc2cc(O[C@@H]3O[C@H](C(=O)O)[C@@H](O)[C@H](O)[C@H]3O)ccc21. The molecule has 0 saturated carbocycles. The number of aliphatic carboxylic acids is 1. The molecule has 0 bridgehead atoms. The van der Waals surface area contributed by atoms with Gasteiger partial charge in [0.15, 0.2) is 11.9 Å². The topological polar surface area (TPSA) is 163 Å². The van der Waals surface area contributed by atoms with Crippen LogP contribution < -0.4 is 9.47 Å². The lowest BCUT2D eigenvalue weighted by molar-refractivity contribution is -0.271. The van der Waals surface area contributed by atoms with Crippen LogP contribution in [-0.4, -0.2) is 68.0 Å². The van der Waals surface area contributed by atoms with Crippen molar-refractivity contribution in [1.29, 1.82) is 0 Å². The van der Waals surface area contributed by atoms with Crippen molar-refractivity contribution in [2.24, 2.45) is 0 Å². The molecular weight excluding hydrogens is 412 g/mol. The Morgan fingerprint density at radius 2 is 1.71 bits per heavy atom. The number of ketones is 1. The summed E-state index contributed by atoms with van der Waals surface area (Å²) in [7, 11) is 0. The van der Waals surface area contributed by atoms with E-state index >= 15 is 0 Å². The summed E-state index contributed by atoms with van der Waals surface area (Å²) in [5.41, 5.74) is 1.02. The van der Waals surface area contributed by atoms with Gasteiger partial charge in [-0.1, -0.05) is 12.1 Å². The van der Waals surface area contributed by atoms with Crippen LogP contribution in [0.1, 0.15) is 28.4 Å². The third-order valence-corrected chi connectivity index (χ3v) is 5.22. The molecule has 1 fully saturated rings. The average molecular weight is 432 g/mol. The number of fused-ring (bicyclic) bond motifs is 1. The minimum Gasteiger partial charge on any atom is -0.508 e. The van der Waals surface area contributed by atoms with E-state index in [1.54, 1.807) is 12.1 Å². The van der Waals surface area contributed by atoms with Crippen molar-refractivity contribution < 1.29 is 49.3 Å². The Hall–Kier alpha value is -3.18. The van der Waals surface area contributed by atoms with E-state index in [1.807, 2.05) is 0 Å². The van der Waals surface area contributed by atoms with Crippen molar-refractivity contribution >= 4 is 11.8 Å². The lowest BCUT2D eigenvalue weighted by Gasteiger charge is -2.38. The third-order valence-electron chi connectivity index (χ3n) is 5.22. The molecule has 0 radical (unpaired) electrons. The van der Waals surface area contributed by atoms with E-state index in [0.29, 0.717) is 11.1 Å². The molecule has 0 unspecified atom stereocenters. The lowest BCUT2D eigenvalue weighted by atomic mass is 9.96. The van der Waals surface area contributed by atoms with Gasteiger partial charge >= 0.3 is 5.97 Å². The Labute approximate surface area is 175 Å². The van der Waals surface area contributed by atoms with E-state index in [2.05, 4.69) is 0 Å². The Morgan fingerprint density at radius 1 is 1.00 bits per heavy atom. The van der Waals surface area contributed by atoms with Gasteiger partial charge in [0.05, 0.1) is 12.0 Å². The van der Waals surface area contributed by atoms with E-state index in [0.717, 1.165) is 0 Å². The molecule has 0 aliphatic carbocycles. The summed E-state index contributed by atoms with van der Waals surface area (Å²) in [4.78, 5) is 23.8. The molecule has 0 spiro atoms. The second kappa shape index (κ2) is 8.16. The summed E-state index contributed by atoms with van der Waals surface area (Å²) in [5, 5.41) is 48.3. The quantitative estimate of drug-likeness (QED) is 0.456. The zero-order valence-electron chi connectivity index (χ0n) is 16.0. The molecule has 5 N–H and O–H groups in total. The van der Waals surface area contributed by atoms with Gasteiger partial charge in [-0.15, -0.1) is 0 Å². The van der Waals surface area contributed by atoms with Gasteiger partial charge in [-0.25, -0.2) is 4.79 Å². The molecule has 2 aliphatic heterocycles. The third kappa shape index (κ3) is 4.06. The summed E-state index contributed by atoms with van der Waals surface area (Å²) in [5.74, 6) is -1.30. The van der Waals surface area contributed by atoms with Gasteiger partial charge in [0.25, 0.3) is 0 Å². The number of hydrogen-bond donors (Lipinski definition) is 5. The predicted octanol–water partition coefficient (Wildman–Crippen LogP) is 0.370. The Balaban J connectivity index is 1.55. The maximum Gasteiger partial charge on any atom is 0.335 e. The Morgan fingerprint density at radius 3 is 2.39 bits per heavy atom. The first-order chi connectivity index (χ1) is 14.7. The highest BCUT2D eigenvalue weighted by Crippen LogP contribution is 2.38. The molecule has 10 nitrogen and oxygen atoms in total. The molecule has 10 heteroatoms. The lowest BCUT2D eigenvalue weighted by Crippen LogP contribution is -2.61. The number of aromatic hydroxyl groups is 1. The molecule has 1 saturated heterocycles. The first-order valence-electron chi connectivity index (χ1n) is 9.46. The van der Waals surface area contributed by atoms with Gasteiger partial charge in [0.1, 0.15) is 41.7 Å². The maximum atomic E-state index is 12.5. The number of carboxylic acids is 1. The normalized spacial score (nSPS) is 30.2. The number of carboxylic acid groups (broad SMARTS) is 1. The van der Waals surface area contributed by atoms with Crippen molar-refractivity contribution in [3.05, 3.63) is 53.6 Å². The molecular formula is C21H20O10. The van der Waals surface area contributed by atoms with Crippen LogP contribution in [0.5, 0.6) is 17.2 Å². The summed E-state index contributed by atoms with van der Waals surface area (Å²) in [6.07, 6.45) is -9.19. The summed E-state index contributed by atoms with van der Waals surface area (Å²) in [6.45, 7) is 0. The number of carbonyl (C=O) groups is 2. The fraction of sp³-hybridized carbons (Fsp3) is 0.333. The van der Waals surface area contributed by atoms with Gasteiger partial charge in [-0.2, -0.15) is 0 Å². The second-order valence-electron chi connectivity index (χ2n) is 7.34. The molecule has 2 aromatic rings. The number of rotatable bonds is 4. The molecule has 6 atom stereocenters. The van der Waals surface area contributed by atoms with Crippen LogP contribution in [0, 0.1) is 0 Å². The van der Waals surface area contributed by atoms with Crippen LogP contribution in [0.2, 0.25) is 0 Å². The zero-order valence-corrected chi connectivity index (χ0v) is 16.0. The number of phenols is 1. The fourth-order valence-corrected chi connectivity index (χ4v) is 3.54. The van der Waals surface area contributed by atoms with Gasteiger partial charge in [0.2, 0.25) is 6.29 Å². The number of hydrogen-bond acceptors (Lipinski definition) is 9. The molecule has 0 amide bonds. The molecule has 2 heterocycles. The number of phenolic OH excluding ortho intramolecular Hbond substituents is 1. The highest BCUT2D eigenvalue weighted by molar-refractivity contribution is 6.00. The first kappa shape index (κ1) is 21.1. The van der Waals surface area contributed by atoms with Crippen LogP contribution in [0.25, 0.3) is 0 Å². The molecule has 4 rings (SSSR count). The average Bonchev–Trinajstić information content (AvgIpc) is 2.74. The summed E-state index contributed by atoms with van der Waals surface area (Å²) in [6, 6.07) is 10.5. The van der Waals surface area contributed by atoms with Gasteiger partial charge in [0, 0.05) is 6.07 Å². The minimum absolute atomic E-state index is 0.0833. The van der Waals surface area contributed by atoms with Crippen molar-refractivity contribution in [2.75, 3.05) is 0 Å². The predicted molar refractivity (Wildman–Crippen MR) is 102 cm³/mol. The zero-order chi connectivity index (χ0) is 22.3. The monoisotopic (exact) mass is 432 g/mol. The standard InChI is InChI=1S/C21H20O10/c22-10-3-1-9(2-4-10)14-8-13(23)12-6-5-11(7-15(12)30-14)29-21-18(26)16(24)17(25)19(31-21)20(27)28/h1-7,14,16-19,21-22,24-26H,8H2,(H,27,28)/t14-,16-,17-,18+,19-,21+/m0/s1. The van der Waals surface area contributed by atoms with Crippen LogP contribution in [-0.2, 0) is 9.53 Å². The van der Waals surface area contributed by atoms with E-state index in [9.17, 15) is 30.0 Å². The Kier molecular flexibility index (Phi) is 5.54. The number of ether oxygens (including phenoxy) is 3. The van der Waals surface area contributed by atoms with Crippen LogP contribution in [0.4, 0.5) is 0 Å². The highest BCUT2D eigenvalue weighted by atomic mass is 16.7. The Bertz CT molecular complexity index is 988. The molecule has 2 aliphatic rings. The molecule has 31 heavy (non-hydrogen) atoms. The van der Waals surface area contributed by atoms with Crippen LogP contribution >= 0.6 is 0 Å². The number of aliphatic hydroxyl groups is 3. The van der Waals surface area contributed by atoms with Crippen molar-refractivity contribution in [2.45, 2.75) is 43.2 Å². The smallest absolute Gasteiger partial charge is 0.335 e. The first-order valence-corrected chi connectivity index (χ1v) is 9.46. The fourth-order valence-electron chi connectivity index (χ4n) is 3.54. The van der Waals surface area contributed by atoms with Crippen LogP contribution in [0.3, 0.4) is 0 Å². The highest BCUT2D eigenvalue weighted by Gasteiger charge is 2.48. The van der Waals surface area contributed by atoms with E-state index in [-0.39, 0.29) is 29.5 Å². The minimum atomic E-state index is -1.83. The summed E-state index contributed by atoms with van der Waals surface area (Å²) < 4.78 is 16.5. The van der Waals surface area contributed by atoms with E-state index < -0.39 is 42.8 Å². The van der Waals surface area contributed by atoms with Crippen molar-refractivity contribution in [3.63, 3.8) is 0 Å². The molecule has 0 aromatic heterocycles. The maximum absolute atomic E-state index is 12.5. The molecule has 164 valence electrons. The van der Waals surface area contributed by atoms with Crippen LogP contribution in [0.15, 0.2) is 42.5 Å². The number of benzene rings is 2. The van der Waals surface area contributed by atoms with Crippen molar-refractivity contribution in [3.8, 4) is 17.2 Å². The number of Topliss-reactive ketones (excluding diaryl/α,β-unsaturated/α-hetero) is 1. The van der Waals surface area contributed by atoms with E-state index in [1.165, 1.54) is 30.3 Å². The molecule has 2 aromatic carbocycles. The van der Waals surface area contributed by atoms with Gasteiger partial charge < -0.3 is 39.7 Å². The largest absolute Gasteiger partial charge is 0.508 e. The number of aliphatic hydroxyl groups excluding tert-OH is 3. The van der Waals surface area contributed by atoms with E-state index in [4.69, 9.17) is 19.3 Å².